The van der Waals surface area contributed by atoms with Crippen LogP contribution in [0.1, 0.15) is 32.6 Å². The number of aliphatic hydroxyl groups is 1. The summed E-state index contributed by atoms with van der Waals surface area (Å²) in [6.07, 6.45) is 4.48. The smallest absolute Gasteiger partial charge is 0.234 e. The van der Waals surface area contributed by atoms with E-state index in [2.05, 4.69) is 17.1 Å². The molecule has 0 aromatic rings. The quantitative estimate of drug-likeness (QED) is 0.574. The summed E-state index contributed by atoms with van der Waals surface area (Å²) in [5.74, 6) is 0.0869. The van der Waals surface area contributed by atoms with E-state index < -0.39 is 0 Å². The highest BCUT2D eigenvalue weighted by Gasteiger charge is 2.29. The van der Waals surface area contributed by atoms with Crippen LogP contribution in [-0.4, -0.2) is 48.2 Å². The first-order chi connectivity index (χ1) is 7.27. The Morgan fingerprint density at radius 2 is 2.27 bits per heavy atom. The third kappa shape index (κ3) is 5.14. The molecular weight excluding hydrogens is 192 g/mol. The Balaban J connectivity index is 2.15. The molecule has 88 valence electrons. The second-order valence-corrected chi connectivity index (χ2v) is 4.13. The Hall–Kier alpha value is -0.610. The Morgan fingerprint density at radius 1 is 1.53 bits per heavy atom. The highest BCUT2D eigenvalue weighted by molar-refractivity contribution is 5.78. The van der Waals surface area contributed by atoms with E-state index in [9.17, 15) is 4.79 Å². The molecule has 0 unspecified atom stereocenters. The van der Waals surface area contributed by atoms with Crippen LogP contribution >= 0.6 is 0 Å². The number of nitrogens with zero attached hydrogens (tertiary/aromatic N) is 1. The molecule has 1 aliphatic rings. The summed E-state index contributed by atoms with van der Waals surface area (Å²) in [5.41, 5.74) is 0. The first-order valence-electron chi connectivity index (χ1n) is 5.89. The van der Waals surface area contributed by atoms with Gasteiger partial charge < -0.3 is 10.4 Å². The minimum absolute atomic E-state index is 0.0869. The monoisotopic (exact) mass is 214 g/mol. The molecule has 0 aromatic heterocycles. The lowest BCUT2D eigenvalue weighted by molar-refractivity contribution is -0.122. The summed E-state index contributed by atoms with van der Waals surface area (Å²) < 4.78 is 0. The third-order valence-electron chi connectivity index (χ3n) is 2.65. The predicted molar refractivity (Wildman–Crippen MR) is 59.6 cm³/mol. The highest BCUT2D eigenvalue weighted by atomic mass is 16.3. The number of unbranched alkanes of at least 4 members (excludes halogenated alkanes) is 1. The maximum atomic E-state index is 11.5. The Labute approximate surface area is 91.6 Å². The fourth-order valence-corrected chi connectivity index (χ4v) is 1.60. The zero-order chi connectivity index (χ0) is 11.1. The molecule has 0 aliphatic heterocycles. The number of nitrogens with one attached hydrogen (secondary N) is 1. The molecule has 1 saturated carbocycles. The standard InChI is InChI=1S/C11H22N2O2/c1-2-3-6-12-11(15)9-13(7-8-14)10-4-5-10/h10,14H,2-9H2,1H3,(H,12,15). The van der Waals surface area contributed by atoms with Crippen molar-refractivity contribution in [3.8, 4) is 0 Å². The van der Waals surface area contributed by atoms with Crippen LogP contribution in [0.15, 0.2) is 0 Å². The Morgan fingerprint density at radius 3 is 2.80 bits per heavy atom. The van der Waals surface area contributed by atoms with E-state index in [0.29, 0.717) is 19.1 Å². The van der Waals surface area contributed by atoms with E-state index in [1.54, 1.807) is 0 Å². The predicted octanol–water partition coefficient (Wildman–Crippen LogP) is 0.359. The Kier molecular flexibility index (Phi) is 5.65. The van der Waals surface area contributed by atoms with Gasteiger partial charge in [-0.05, 0) is 19.3 Å². The van der Waals surface area contributed by atoms with Crippen LogP contribution in [-0.2, 0) is 4.79 Å². The average Bonchev–Trinajstić information content (AvgIpc) is 3.01. The van der Waals surface area contributed by atoms with Crippen LogP contribution < -0.4 is 5.32 Å². The van der Waals surface area contributed by atoms with Crippen molar-refractivity contribution in [2.45, 2.75) is 38.6 Å². The zero-order valence-electron chi connectivity index (χ0n) is 9.54. The molecule has 0 heterocycles. The van der Waals surface area contributed by atoms with E-state index in [-0.39, 0.29) is 12.5 Å². The number of aliphatic hydroxyl groups excluding tert-OH is 1. The molecule has 0 spiro atoms. The number of rotatable bonds is 8. The van der Waals surface area contributed by atoms with Crippen LogP contribution in [0, 0.1) is 0 Å². The van der Waals surface area contributed by atoms with E-state index >= 15 is 0 Å². The average molecular weight is 214 g/mol. The van der Waals surface area contributed by atoms with Gasteiger partial charge in [-0.1, -0.05) is 13.3 Å². The van der Waals surface area contributed by atoms with E-state index in [1.165, 1.54) is 12.8 Å². The van der Waals surface area contributed by atoms with Gasteiger partial charge in [0.1, 0.15) is 0 Å². The minimum Gasteiger partial charge on any atom is -0.395 e. The van der Waals surface area contributed by atoms with Crippen molar-refractivity contribution in [2.24, 2.45) is 0 Å². The number of carbonyl (C=O) groups is 1. The van der Waals surface area contributed by atoms with Gasteiger partial charge in [-0.15, -0.1) is 0 Å². The first kappa shape index (κ1) is 12.5. The molecule has 0 bridgehead atoms. The van der Waals surface area contributed by atoms with Gasteiger partial charge in [0.2, 0.25) is 5.91 Å². The zero-order valence-corrected chi connectivity index (χ0v) is 9.54. The van der Waals surface area contributed by atoms with Gasteiger partial charge in [0.05, 0.1) is 13.2 Å². The molecule has 1 fully saturated rings. The van der Waals surface area contributed by atoms with Crippen molar-refractivity contribution in [1.82, 2.24) is 10.2 Å². The van der Waals surface area contributed by atoms with Gasteiger partial charge in [0, 0.05) is 19.1 Å². The summed E-state index contributed by atoms with van der Waals surface area (Å²) in [5, 5.41) is 11.8. The van der Waals surface area contributed by atoms with Crippen molar-refractivity contribution in [1.29, 1.82) is 0 Å². The van der Waals surface area contributed by atoms with Crippen LogP contribution in [0.4, 0.5) is 0 Å². The maximum Gasteiger partial charge on any atom is 0.234 e. The molecule has 4 heteroatoms. The molecule has 2 N–H and O–H groups in total. The first-order valence-corrected chi connectivity index (χ1v) is 5.89. The van der Waals surface area contributed by atoms with Crippen molar-refractivity contribution < 1.29 is 9.90 Å². The van der Waals surface area contributed by atoms with Crippen molar-refractivity contribution in [3.63, 3.8) is 0 Å². The molecule has 1 aliphatic carbocycles. The normalized spacial score (nSPS) is 15.7. The van der Waals surface area contributed by atoms with E-state index in [0.717, 1.165) is 19.4 Å². The molecule has 4 nitrogen and oxygen atoms in total. The Bertz CT molecular complexity index is 193. The molecule has 0 atom stereocenters. The van der Waals surface area contributed by atoms with Crippen LogP contribution in [0.2, 0.25) is 0 Å². The van der Waals surface area contributed by atoms with Crippen LogP contribution in [0.5, 0.6) is 0 Å². The lowest BCUT2D eigenvalue weighted by Gasteiger charge is -2.19. The molecule has 0 radical (unpaired) electrons. The maximum absolute atomic E-state index is 11.5. The van der Waals surface area contributed by atoms with Crippen LogP contribution in [0.3, 0.4) is 0 Å². The van der Waals surface area contributed by atoms with Gasteiger partial charge in [-0.3, -0.25) is 9.69 Å². The van der Waals surface area contributed by atoms with Crippen LogP contribution in [0.25, 0.3) is 0 Å². The molecular formula is C11H22N2O2. The van der Waals surface area contributed by atoms with E-state index in [4.69, 9.17) is 5.11 Å². The summed E-state index contributed by atoms with van der Waals surface area (Å²) in [6, 6.07) is 0.536. The highest BCUT2D eigenvalue weighted by Crippen LogP contribution is 2.25. The van der Waals surface area contributed by atoms with Gasteiger partial charge >= 0.3 is 0 Å². The SMILES string of the molecule is CCCCNC(=O)CN(CCO)C1CC1. The second kappa shape index (κ2) is 6.80. The third-order valence-corrected chi connectivity index (χ3v) is 2.65. The molecule has 0 saturated heterocycles. The minimum atomic E-state index is 0.0869. The number of amides is 1. The number of hydrogen-bond donors (Lipinski definition) is 2. The molecule has 0 aromatic carbocycles. The fourth-order valence-electron chi connectivity index (χ4n) is 1.60. The topological polar surface area (TPSA) is 52.6 Å². The van der Waals surface area contributed by atoms with Gasteiger partial charge in [-0.2, -0.15) is 0 Å². The summed E-state index contributed by atoms with van der Waals surface area (Å²) >= 11 is 0. The molecule has 1 amide bonds. The largest absolute Gasteiger partial charge is 0.395 e. The van der Waals surface area contributed by atoms with Gasteiger partial charge in [0.15, 0.2) is 0 Å². The van der Waals surface area contributed by atoms with Crippen molar-refractivity contribution in [2.75, 3.05) is 26.2 Å². The van der Waals surface area contributed by atoms with Gasteiger partial charge in [0.25, 0.3) is 0 Å². The summed E-state index contributed by atoms with van der Waals surface area (Å²) in [6.45, 7) is 4.07. The van der Waals surface area contributed by atoms with Gasteiger partial charge in [-0.25, -0.2) is 0 Å². The molecule has 1 rings (SSSR count). The van der Waals surface area contributed by atoms with E-state index in [1.807, 2.05) is 0 Å². The number of hydrogen-bond acceptors (Lipinski definition) is 3. The summed E-state index contributed by atoms with van der Waals surface area (Å²) in [7, 11) is 0. The molecule has 15 heavy (non-hydrogen) atoms. The lowest BCUT2D eigenvalue weighted by atomic mass is 10.3. The lowest BCUT2D eigenvalue weighted by Crippen LogP contribution is -2.40. The number of carbonyl (C=O) groups excluding carboxylic acids is 1. The van der Waals surface area contributed by atoms with Crippen molar-refractivity contribution >= 4 is 5.91 Å². The second-order valence-electron chi connectivity index (χ2n) is 4.13. The van der Waals surface area contributed by atoms with Crippen molar-refractivity contribution in [3.05, 3.63) is 0 Å². The fraction of sp³-hybridized carbons (Fsp3) is 0.909. The summed E-state index contributed by atoms with van der Waals surface area (Å²) in [4.78, 5) is 13.6.